The number of pyridine rings is 1. The Balaban J connectivity index is 1.49. The highest BCUT2D eigenvalue weighted by molar-refractivity contribution is 7.89. The van der Waals surface area contributed by atoms with Crippen molar-refractivity contribution < 1.29 is 22.6 Å². The normalized spacial score (nSPS) is 20.2. The van der Waals surface area contributed by atoms with Gasteiger partial charge in [-0.05, 0) is 30.7 Å². The van der Waals surface area contributed by atoms with E-state index in [1.807, 2.05) is 6.07 Å². The highest BCUT2D eigenvalue weighted by Gasteiger charge is 2.34. The van der Waals surface area contributed by atoms with Gasteiger partial charge in [0.1, 0.15) is 11.9 Å². The van der Waals surface area contributed by atoms with Crippen molar-refractivity contribution in [3.63, 3.8) is 0 Å². The molecule has 0 N–H and O–H groups in total. The average molecular weight is 348 g/mol. The van der Waals surface area contributed by atoms with Gasteiger partial charge in [-0.15, -0.1) is 0 Å². The first-order chi connectivity index (χ1) is 11.6. The fraction of sp³-hybridized carbons (Fsp3) is 0.312. The highest BCUT2D eigenvalue weighted by Crippen LogP contribution is 2.35. The molecule has 2 aromatic rings. The summed E-state index contributed by atoms with van der Waals surface area (Å²) in [7, 11) is -3.58. The van der Waals surface area contributed by atoms with E-state index in [4.69, 9.17) is 14.2 Å². The molecule has 4 rings (SSSR count). The molecule has 1 atom stereocenters. The molecule has 0 amide bonds. The lowest BCUT2D eigenvalue weighted by Gasteiger charge is -2.17. The van der Waals surface area contributed by atoms with Gasteiger partial charge in [-0.1, -0.05) is 0 Å². The zero-order valence-electron chi connectivity index (χ0n) is 12.8. The van der Waals surface area contributed by atoms with Crippen LogP contribution in [-0.4, -0.2) is 43.7 Å². The van der Waals surface area contributed by atoms with Crippen LogP contribution in [0.4, 0.5) is 0 Å². The number of aromatic nitrogens is 1. The maximum atomic E-state index is 12.8. The number of sulfonamides is 1. The molecule has 1 aromatic heterocycles. The second-order valence-corrected chi connectivity index (χ2v) is 7.53. The summed E-state index contributed by atoms with van der Waals surface area (Å²) in [5.74, 6) is 1.66. The minimum atomic E-state index is -3.58. The molecule has 2 aliphatic rings. The van der Waals surface area contributed by atoms with Gasteiger partial charge in [0.2, 0.25) is 16.8 Å². The fourth-order valence-corrected chi connectivity index (χ4v) is 4.31. The largest absolute Gasteiger partial charge is 0.487 e. The summed E-state index contributed by atoms with van der Waals surface area (Å²) in [6.07, 6.45) is 3.74. The first-order valence-corrected chi connectivity index (χ1v) is 9.03. The Hall–Kier alpha value is -2.32. The monoisotopic (exact) mass is 348 g/mol. The van der Waals surface area contributed by atoms with Gasteiger partial charge in [0.05, 0.1) is 17.6 Å². The number of ether oxygens (including phenoxy) is 3. The molecule has 7 nitrogen and oxygen atoms in total. The number of rotatable bonds is 4. The Morgan fingerprint density at radius 2 is 2.08 bits per heavy atom. The van der Waals surface area contributed by atoms with Crippen molar-refractivity contribution in [2.24, 2.45) is 0 Å². The maximum absolute atomic E-state index is 12.8. The molecule has 0 aliphatic carbocycles. The van der Waals surface area contributed by atoms with Crippen LogP contribution in [0.15, 0.2) is 47.6 Å². The van der Waals surface area contributed by atoms with Crippen molar-refractivity contribution >= 4 is 10.0 Å². The topological polar surface area (TPSA) is 78.0 Å². The third kappa shape index (κ3) is 2.78. The number of nitrogens with zero attached hydrogens (tertiary/aromatic N) is 2. The van der Waals surface area contributed by atoms with Crippen molar-refractivity contribution in [2.75, 3.05) is 19.9 Å². The Morgan fingerprint density at radius 1 is 1.21 bits per heavy atom. The van der Waals surface area contributed by atoms with E-state index in [-0.39, 0.29) is 17.8 Å². The molecule has 0 unspecified atom stereocenters. The molecule has 126 valence electrons. The molecule has 1 fully saturated rings. The third-order valence-corrected chi connectivity index (χ3v) is 5.89. The molecule has 0 spiro atoms. The Labute approximate surface area is 139 Å². The zero-order chi connectivity index (χ0) is 16.6. The van der Waals surface area contributed by atoms with Crippen LogP contribution >= 0.6 is 0 Å². The summed E-state index contributed by atoms with van der Waals surface area (Å²) in [6.45, 7) is 0.844. The standard InChI is InChI=1S/C16H16N2O5S/c19-24(20,14-3-4-15-16(8-14)22-11-21-15)18-7-5-13(10-18)23-12-2-1-6-17-9-12/h1-4,6,8-9,13H,5,7,10-11H2/t13-/m1/s1. The van der Waals surface area contributed by atoms with Gasteiger partial charge in [0, 0.05) is 18.8 Å². The van der Waals surface area contributed by atoms with Gasteiger partial charge in [-0.25, -0.2) is 8.42 Å². The van der Waals surface area contributed by atoms with Crippen molar-refractivity contribution in [3.05, 3.63) is 42.7 Å². The van der Waals surface area contributed by atoms with Crippen LogP contribution in [0, 0.1) is 0 Å². The maximum Gasteiger partial charge on any atom is 0.243 e. The molecular formula is C16H16N2O5S. The Bertz CT molecular complexity index is 841. The van der Waals surface area contributed by atoms with Crippen LogP contribution < -0.4 is 14.2 Å². The van der Waals surface area contributed by atoms with Crippen LogP contribution in [0.25, 0.3) is 0 Å². The fourth-order valence-electron chi connectivity index (χ4n) is 2.81. The Kier molecular flexibility index (Phi) is 3.78. The smallest absolute Gasteiger partial charge is 0.243 e. The van der Waals surface area contributed by atoms with Crippen LogP contribution in [0.3, 0.4) is 0 Å². The molecule has 24 heavy (non-hydrogen) atoms. The van der Waals surface area contributed by atoms with Crippen LogP contribution in [0.5, 0.6) is 17.2 Å². The van der Waals surface area contributed by atoms with E-state index < -0.39 is 10.0 Å². The lowest BCUT2D eigenvalue weighted by molar-refractivity contribution is 0.174. The van der Waals surface area contributed by atoms with E-state index in [0.29, 0.717) is 36.8 Å². The number of fused-ring (bicyclic) bond motifs is 1. The SMILES string of the molecule is O=S(=O)(c1ccc2c(c1)OCO2)N1CC[C@@H](Oc2cccnc2)C1. The van der Waals surface area contributed by atoms with Gasteiger partial charge in [0.25, 0.3) is 0 Å². The molecule has 1 saturated heterocycles. The summed E-state index contributed by atoms with van der Waals surface area (Å²) in [5, 5.41) is 0. The molecular weight excluding hydrogens is 332 g/mol. The molecule has 0 radical (unpaired) electrons. The summed E-state index contributed by atoms with van der Waals surface area (Å²) < 4.78 is 43.3. The van der Waals surface area contributed by atoms with Crippen molar-refractivity contribution in [1.29, 1.82) is 0 Å². The number of benzene rings is 1. The van der Waals surface area contributed by atoms with E-state index in [1.165, 1.54) is 16.4 Å². The lowest BCUT2D eigenvalue weighted by Crippen LogP contribution is -2.31. The van der Waals surface area contributed by atoms with Crippen LogP contribution in [-0.2, 0) is 10.0 Å². The highest BCUT2D eigenvalue weighted by atomic mass is 32.2. The number of hydrogen-bond acceptors (Lipinski definition) is 6. The predicted molar refractivity (Wildman–Crippen MR) is 84.6 cm³/mol. The summed E-state index contributed by atoms with van der Waals surface area (Å²) in [4.78, 5) is 4.20. The molecule has 0 saturated carbocycles. The molecule has 1 aromatic carbocycles. The van der Waals surface area contributed by atoms with Gasteiger partial charge < -0.3 is 14.2 Å². The van der Waals surface area contributed by atoms with Gasteiger partial charge >= 0.3 is 0 Å². The first kappa shape index (κ1) is 15.2. The van der Waals surface area contributed by atoms with E-state index in [1.54, 1.807) is 24.5 Å². The summed E-state index contributed by atoms with van der Waals surface area (Å²) in [5.41, 5.74) is 0. The molecule has 8 heteroatoms. The minimum Gasteiger partial charge on any atom is -0.487 e. The van der Waals surface area contributed by atoms with E-state index in [2.05, 4.69) is 4.98 Å². The predicted octanol–water partition coefficient (Wildman–Crippen LogP) is 1.65. The number of hydrogen-bond donors (Lipinski definition) is 0. The van der Waals surface area contributed by atoms with Crippen LogP contribution in [0.2, 0.25) is 0 Å². The Morgan fingerprint density at radius 3 is 2.92 bits per heavy atom. The van der Waals surface area contributed by atoms with E-state index in [0.717, 1.165) is 0 Å². The summed E-state index contributed by atoms with van der Waals surface area (Å²) in [6, 6.07) is 8.26. The summed E-state index contributed by atoms with van der Waals surface area (Å²) >= 11 is 0. The second-order valence-electron chi connectivity index (χ2n) is 5.60. The minimum absolute atomic E-state index is 0.115. The third-order valence-electron chi connectivity index (χ3n) is 4.03. The quantitative estimate of drug-likeness (QED) is 0.836. The van der Waals surface area contributed by atoms with Crippen molar-refractivity contribution in [1.82, 2.24) is 9.29 Å². The van der Waals surface area contributed by atoms with Gasteiger partial charge in [0.15, 0.2) is 11.5 Å². The van der Waals surface area contributed by atoms with Crippen molar-refractivity contribution in [3.8, 4) is 17.2 Å². The zero-order valence-corrected chi connectivity index (χ0v) is 13.6. The first-order valence-electron chi connectivity index (χ1n) is 7.59. The van der Waals surface area contributed by atoms with E-state index in [9.17, 15) is 8.42 Å². The van der Waals surface area contributed by atoms with Gasteiger partial charge in [-0.2, -0.15) is 4.31 Å². The molecule has 3 heterocycles. The molecule has 2 aliphatic heterocycles. The van der Waals surface area contributed by atoms with Crippen molar-refractivity contribution in [2.45, 2.75) is 17.4 Å². The van der Waals surface area contributed by atoms with Crippen LogP contribution in [0.1, 0.15) is 6.42 Å². The lowest BCUT2D eigenvalue weighted by atomic mass is 10.3. The second kappa shape index (κ2) is 5.95. The average Bonchev–Trinajstić information content (AvgIpc) is 3.24. The van der Waals surface area contributed by atoms with E-state index >= 15 is 0 Å². The van der Waals surface area contributed by atoms with Gasteiger partial charge in [-0.3, -0.25) is 4.98 Å². The molecule has 0 bridgehead atoms.